The predicted octanol–water partition coefficient (Wildman–Crippen LogP) is 3.80. The van der Waals surface area contributed by atoms with Gasteiger partial charge in [0.2, 0.25) is 0 Å². The van der Waals surface area contributed by atoms with E-state index in [1.165, 1.54) is 12.4 Å². The summed E-state index contributed by atoms with van der Waals surface area (Å²) in [4.78, 5) is 15.7. The highest BCUT2D eigenvalue weighted by Gasteiger charge is 2.34. The van der Waals surface area contributed by atoms with Crippen LogP contribution in [0.4, 0.5) is 23.2 Å². The van der Waals surface area contributed by atoms with Crippen LogP contribution in [0.25, 0.3) is 0 Å². The molecule has 3 nitrogen and oxygen atoms in total. The van der Waals surface area contributed by atoms with E-state index in [9.17, 15) is 22.4 Å². The van der Waals surface area contributed by atoms with E-state index in [4.69, 9.17) is 0 Å². The SMILES string of the molecule is Cc1ccncc1NC(=O)c1ccc(F)c(C(F)(F)F)c1. The van der Waals surface area contributed by atoms with E-state index in [1.807, 2.05) is 0 Å². The van der Waals surface area contributed by atoms with Crippen molar-refractivity contribution in [2.75, 3.05) is 5.32 Å². The zero-order chi connectivity index (χ0) is 15.6. The molecule has 0 aliphatic heterocycles. The molecule has 0 bridgehead atoms. The number of hydrogen-bond donors (Lipinski definition) is 1. The fourth-order valence-electron chi connectivity index (χ4n) is 1.67. The first-order valence-corrected chi connectivity index (χ1v) is 5.88. The van der Waals surface area contributed by atoms with Gasteiger partial charge in [0.1, 0.15) is 5.82 Å². The summed E-state index contributed by atoms with van der Waals surface area (Å²) in [6.07, 6.45) is -1.96. The van der Waals surface area contributed by atoms with Gasteiger partial charge >= 0.3 is 6.18 Å². The van der Waals surface area contributed by atoms with Crippen LogP contribution in [-0.2, 0) is 6.18 Å². The highest BCUT2D eigenvalue weighted by atomic mass is 19.4. The van der Waals surface area contributed by atoms with Crippen LogP contribution in [0.2, 0.25) is 0 Å². The molecular weight excluding hydrogens is 288 g/mol. The molecule has 1 heterocycles. The van der Waals surface area contributed by atoms with Crippen molar-refractivity contribution >= 4 is 11.6 Å². The molecule has 0 saturated carbocycles. The third-order valence-corrected chi connectivity index (χ3v) is 2.82. The number of carbonyl (C=O) groups is 1. The van der Waals surface area contributed by atoms with Crippen molar-refractivity contribution in [2.45, 2.75) is 13.1 Å². The lowest BCUT2D eigenvalue weighted by Crippen LogP contribution is -2.15. The summed E-state index contributed by atoms with van der Waals surface area (Å²) in [6.45, 7) is 1.71. The highest BCUT2D eigenvalue weighted by molar-refractivity contribution is 6.04. The average Bonchev–Trinajstić information content (AvgIpc) is 2.40. The molecule has 0 saturated heterocycles. The number of alkyl halides is 3. The van der Waals surface area contributed by atoms with E-state index in [-0.39, 0.29) is 5.56 Å². The molecule has 0 unspecified atom stereocenters. The number of hydrogen-bond acceptors (Lipinski definition) is 2. The molecule has 0 atom stereocenters. The molecule has 7 heteroatoms. The molecular formula is C14H10F4N2O. The second-order valence-electron chi connectivity index (χ2n) is 4.34. The first-order valence-electron chi connectivity index (χ1n) is 5.88. The topological polar surface area (TPSA) is 42.0 Å². The van der Waals surface area contributed by atoms with Crippen LogP contribution in [0.15, 0.2) is 36.7 Å². The summed E-state index contributed by atoms with van der Waals surface area (Å²) < 4.78 is 51.0. The number of anilines is 1. The summed E-state index contributed by atoms with van der Waals surface area (Å²) in [5.74, 6) is -2.19. The van der Waals surface area contributed by atoms with Gasteiger partial charge in [0.15, 0.2) is 0 Å². The first kappa shape index (κ1) is 15.0. The van der Waals surface area contributed by atoms with Crippen molar-refractivity contribution < 1.29 is 22.4 Å². The van der Waals surface area contributed by atoms with E-state index in [0.29, 0.717) is 23.4 Å². The Morgan fingerprint density at radius 3 is 2.57 bits per heavy atom. The Morgan fingerprint density at radius 2 is 1.95 bits per heavy atom. The lowest BCUT2D eigenvalue weighted by Gasteiger charge is -2.11. The number of nitrogens with one attached hydrogen (secondary N) is 1. The largest absolute Gasteiger partial charge is 0.419 e. The summed E-state index contributed by atoms with van der Waals surface area (Å²) in [6, 6.07) is 3.73. The van der Waals surface area contributed by atoms with Crippen LogP contribution >= 0.6 is 0 Å². The Bertz CT molecular complexity index is 683. The van der Waals surface area contributed by atoms with Crippen LogP contribution in [-0.4, -0.2) is 10.9 Å². The maximum atomic E-state index is 13.2. The molecule has 0 aliphatic carbocycles. The van der Waals surface area contributed by atoms with Gasteiger partial charge in [-0.05, 0) is 36.8 Å². The van der Waals surface area contributed by atoms with Crippen molar-refractivity contribution in [1.82, 2.24) is 4.98 Å². The van der Waals surface area contributed by atoms with Gasteiger partial charge in [-0.3, -0.25) is 9.78 Å². The van der Waals surface area contributed by atoms with Crippen molar-refractivity contribution in [3.63, 3.8) is 0 Å². The number of benzene rings is 1. The maximum Gasteiger partial charge on any atom is 0.419 e. The molecule has 1 N–H and O–H groups in total. The zero-order valence-electron chi connectivity index (χ0n) is 10.8. The maximum absolute atomic E-state index is 13.2. The van der Waals surface area contributed by atoms with Crippen LogP contribution in [0, 0.1) is 12.7 Å². The molecule has 0 spiro atoms. The number of halogens is 4. The van der Waals surface area contributed by atoms with Crippen LogP contribution in [0.1, 0.15) is 21.5 Å². The summed E-state index contributed by atoms with van der Waals surface area (Å²) in [5, 5.41) is 2.43. The van der Waals surface area contributed by atoms with E-state index < -0.39 is 23.5 Å². The number of aryl methyl sites for hydroxylation is 1. The number of nitrogens with zero attached hydrogens (tertiary/aromatic N) is 1. The summed E-state index contributed by atoms with van der Waals surface area (Å²) in [5.41, 5.74) is -0.679. The Balaban J connectivity index is 2.31. The number of aromatic nitrogens is 1. The number of pyridine rings is 1. The molecule has 0 radical (unpaired) electrons. The average molecular weight is 298 g/mol. The second-order valence-corrected chi connectivity index (χ2v) is 4.34. The Labute approximate surface area is 117 Å². The molecule has 1 aromatic carbocycles. The van der Waals surface area contributed by atoms with Gasteiger partial charge in [-0.25, -0.2) is 4.39 Å². The second kappa shape index (κ2) is 5.51. The third kappa shape index (κ3) is 3.36. The summed E-state index contributed by atoms with van der Waals surface area (Å²) >= 11 is 0. The summed E-state index contributed by atoms with van der Waals surface area (Å²) in [7, 11) is 0. The lowest BCUT2D eigenvalue weighted by molar-refractivity contribution is -0.140. The normalized spacial score (nSPS) is 11.3. The molecule has 0 aliphatic rings. The van der Waals surface area contributed by atoms with Gasteiger partial charge in [0, 0.05) is 11.8 Å². The first-order chi connectivity index (χ1) is 9.79. The molecule has 0 fully saturated rings. The fraction of sp³-hybridized carbons (Fsp3) is 0.143. The monoisotopic (exact) mass is 298 g/mol. The Morgan fingerprint density at radius 1 is 1.24 bits per heavy atom. The minimum atomic E-state index is -4.86. The van der Waals surface area contributed by atoms with E-state index in [1.54, 1.807) is 13.0 Å². The van der Waals surface area contributed by atoms with Gasteiger partial charge in [-0.1, -0.05) is 0 Å². The Kier molecular flexibility index (Phi) is 3.93. The van der Waals surface area contributed by atoms with Gasteiger partial charge in [-0.15, -0.1) is 0 Å². The van der Waals surface area contributed by atoms with E-state index in [0.717, 1.165) is 6.07 Å². The van der Waals surface area contributed by atoms with Crippen molar-refractivity contribution in [2.24, 2.45) is 0 Å². The molecule has 21 heavy (non-hydrogen) atoms. The molecule has 2 rings (SSSR count). The van der Waals surface area contributed by atoms with Gasteiger partial charge in [-0.2, -0.15) is 13.2 Å². The van der Waals surface area contributed by atoms with Crippen LogP contribution < -0.4 is 5.32 Å². The standard InChI is InChI=1S/C14H10F4N2O/c1-8-4-5-19-7-12(8)20-13(21)9-2-3-11(15)10(6-9)14(16,17)18/h2-7H,1H3,(H,20,21). The van der Waals surface area contributed by atoms with E-state index >= 15 is 0 Å². The van der Waals surface area contributed by atoms with Gasteiger partial charge in [0.25, 0.3) is 5.91 Å². The Hall–Kier alpha value is -2.44. The minimum absolute atomic E-state index is 0.285. The van der Waals surface area contributed by atoms with Gasteiger partial charge in [0.05, 0.1) is 17.4 Å². The van der Waals surface area contributed by atoms with E-state index in [2.05, 4.69) is 10.3 Å². The third-order valence-electron chi connectivity index (χ3n) is 2.82. The number of carbonyl (C=O) groups excluding carboxylic acids is 1. The zero-order valence-corrected chi connectivity index (χ0v) is 10.8. The van der Waals surface area contributed by atoms with Crippen LogP contribution in [0.5, 0.6) is 0 Å². The molecule has 1 aromatic heterocycles. The fourth-order valence-corrected chi connectivity index (χ4v) is 1.67. The highest BCUT2D eigenvalue weighted by Crippen LogP contribution is 2.32. The van der Waals surface area contributed by atoms with Crippen molar-refractivity contribution in [3.05, 3.63) is 59.2 Å². The smallest absolute Gasteiger partial charge is 0.320 e. The van der Waals surface area contributed by atoms with Crippen molar-refractivity contribution in [1.29, 1.82) is 0 Å². The molecule has 2 aromatic rings. The quantitative estimate of drug-likeness (QED) is 0.857. The minimum Gasteiger partial charge on any atom is -0.320 e. The predicted molar refractivity (Wildman–Crippen MR) is 68.3 cm³/mol. The van der Waals surface area contributed by atoms with Crippen molar-refractivity contribution in [3.8, 4) is 0 Å². The number of amides is 1. The lowest BCUT2D eigenvalue weighted by atomic mass is 10.1. The molecule has 110 valence electrons. The number of rotatable bonds is 2. The van der Waals surface area contributed by atoms with Gasteiger partial charge < -0.3 is 5.32 Å². The van der Waals surface area contributed by atoms with Crippen LogP contribution in [0.3, 0.4) is 0 Å². The molecule has 1 amide bonds.